The zero-order valence-electron chi connectivity index (χ0n) is 10.9. The van der Waals surface area contributed by atoms with E-state index in [1.54, 1.807) is 0 Å². The molecule has 3 aromatic rings. The zero-order chi connectivity index (χ0) is 12.7. The van der Waals surface area contributed by atoms with Crippen molar-refractivity contribution >= 4 is 21.7 Å². The Labute approximate surface area is 107 Å². The van der Waals surface area contributed by atoms with Crippen LogP contribution in [0.4, 0.5) is 0 Å². The number of benzene rings is 2. The molecule has 2 nitrogen and oxygen atoms in total. The first-order valence-electron chi connectivity index (χ1n) is 6.30. The van der Waals surface area contributed by atoms with Crippen LogP contribution in [-0.4, -0.2) is 7.05 Å². The number of rotatable bonds is 2. The van der Waals surface area contributed by atoms with Crippen molar-refractivity contribution in [1.82, 2.24) is 5.32 Å². The van der Waals surface area contributed by atoms with Crippen LogP contribution < -0.4 is 5.32 Å². The van der Waals surface area contributed by atoms with Gasteiger partial charge in [0.25, 0.3) is 0 Å². The molecule has 0 aliphatic carbocycles. The van der Waals surface area contributed by atoms with Gasteiger partial charge < -0.3 is 9.73 Å². The number of hydrogen-bond acceptors (Lipinski definition) is 2. The topological polar surface area (TPSA) is 25.2 Å². The van der Waals surface area contributed by atoms with Gasteiger partial charge in [0.15, 0.2) is 0 Å². The molecule has 0 bridgehead atoms. The van der Waals surface area contributed by atoms with Crippen molar-refractivity contribution in [1.29, 1.82) is 0 Å². The average Bonchev–Trinajstić information content (AvgIpc) is 2.76. The lowest BCUT2D eigenvalue weighted by Crippen LogP contribution is -2.12. The Kier molecular flexibility index (Phi) is 2.60. The fraction of sp³-hybridized carbons (Fsp3) is 0.250. The minimum Gasteiger partial charge on any atom is -0.458 e. The molecule has 0 aliphatic heterocycles. The lowest BCUT2D eigenvalue weighted by atomic mass is 10.0. The first kappa shape index (κ1) is 11.3. The summed E-state index contributed by atoms with van der Waals surface area (Å²) in [6.07, 6.45) is 0. The van der Waals surface area contributed by atoms with Gasteiger partial charge in [-0.05, 0) is 31.8 Å². The van der Waals surface area contributed by atoms with Crippen LogP contribution in [-0.2, 0) is 0 Å². The number of furan rings is 1. The summed E-state index contributed by atoms with van der Waals surface area (Å²) in [5.74, 6) is 1.03. The van der Waals surface area contributed by atoms with Crippen molar-refractivity contribution < 1.29 is 4.42 Å². The number of hydrogen-bond donors (Lipinski definition) is 1. The van der Waals surface area contributed by atoms with Crippen molar-refractivity contribution in [3.8, 4) is 0 Å². The Balaban J connectivity index is 2.38. The highest BCUT2D eigenvalue weighted by Crippen LogP contribution is 2.33. The maximum absolute atomic E-state index is 6.10. The second-order valence-corrected chi connectivity index (χ2v) is 4.77. The SMILES string of the molecule is CNC(C)c1oc2c(ccc3ccccc32)c1C. The van der Waals surface area contributed by atoms with Crippen LogP contribution >= 0.6 is 0 Å². The van der Waals surface area contributed by atoms with Gasteiger partial charge in [0.05, 0.1) is 6.04 Å². The summed E-state index contributed by atoms with van der Waals surface area (Å²) < 4.78 is 6.10. The molecule has 18 heavy (non-hydrogen) atoms. The summed E-state index contributed by atoms with van der Waals surface area (Å²) in [6, 6.07) is 12.9. The summed E-state index contributed by atoms with van der Waals surface area (Å²) in [5, 5.41) is 6.86. The minimum atomic E-state index is 0.233. The van der Waals surface area contributed by atoms with Crippen LogP contribution in [0.3, 0.4) is 0 Å². The van der Waals surface area contributed by atoms with E-state index < -0.39 is 0 Å². The van der Waals surface area contributed by atoms with Crippen molar-refractivity contribution in [2.75, 3.05) is 7.05 Å². The van der Waals surface area contributed by atoms with Crippen molar-refractivity contribution in [3.05, 3.63) is 47.7 Å². The minimum absolute atomic E-state index is 0.233. The van der Waals surface area contributed by atoms with Gasteiger partial charge in [-0.15, -0.1) is 0 Å². The molecule has 1 unspecified atom stereocenters. The Bertz CT molecular complexity index is 712. The van der Waals surface area contributed by atoms with E-state index in [9.17, 15) is 0 Å². The van der Waals surface area contributed by atoms with Gasteiger partial charge in [-0.25, -0.2) is 0 Å². The Hall–Kier alpha value is -1.80. The first-order valence-corrected chi connectivity index (χ1v) is 6.30. The zero-order valence-corrected chi connectivity index (χ0v) is 10.9. The van der Waals surface area contributed by atoms with E-state index in [-0.39, 0.29) is 6.04 Å². The normalized spacial score (nSPS) is 13.3. The van der Waals surface area contributed by atoms with Gasteiger partial charge in [-0.1, -0.05) is 36.4 Å². The monoisotopic (exact) mass is 239 g/mol. The molecule has 1 aromatic heterocycles. The van der Waals surface area contributed by atoms with E-state index in [1.807, 2.05) is 7.05 Å². The van der Waals surface area contributed by atoms with Gasteiger partial charge in [-0.3, -0.25) is 0 Å². The van der Waals surface area contributed by atoms with E-state index in [0.29, 0.717) is 0 Å². The Morgan fingerprint density at radius 3 is 2.61 bits per heavy atom. The maximum atomic E-state index is 6.10. The molecule has 1 N–H and O–H groups in total. The highest BCUT2D eigenvalue weighted by Gasteiger charge is 2.16. The quantitative estimate of drug-likeness (QED) is 0.726. The number of nitrogens with one attached hydrogen (secondary N) is 1. The summed E-state index contributed by atoms with van der Waals surface area (Å²) in [5.41, 5.74) is 2.24. The molecule has 92 valence electrons. The van der Waals surface area contributed by atoms with Crippen LogP contribution in [0, 0.1) is 6.92 Å². The van der Waals surface area contributed by atoms with Gasteiger partial charge in [0.1, 0.15) is 11.3 Å². The molecule has 0 radical (unpaired) electrons. The van der Waals surface area contributed by atoms with Crippen LogP contribution in [0.5, 0.6) is 0 Å². The predicted octanol–water partition coefficient (Wildman–Crippen LogP) is 4.17. The Morgan fingerprint density at radius 1 is 1.06 bits per heavy atom. The molecule has 0 amide bonds. The molecule has 0 saturated heterocycles. The third kappa shape index (κ3) is 1.53. The number of aryl methyl sites for hydroxylation is 1. The fourth-order valence-electron chi connectivity index (χ4n) is 2.51. The molecular formula is C16H17NO. The van der Waals surface area contributed by atoms with Crippen molar-refractivity contribution in [2.24, 2.45) is 0 Å². The number of fused-ring (bicyclic) bond motifs is 3. The largest absolute Gasteiger partial charge is 0.458 e. The molecule has 0 fully saturated rings. The Morgan fingerprint density at radius 2 is 1.83 bits per heavy atom. The van der Waals surface area contributed by atoms with E-state index in [0.717, 1.165) is 11.3 Å². The van der Waals surface area contributed by atoms with Gasteiger partial charge >= 0.3 is 0 Å². The first-order chi connectivity index (χ1) is 8.72. The lowest BCUT2D eigenvalue weighted by Gasteiger charge is -2.06. The van der Waals surface area contributed by atoms with Crippen LogP contribution in [0.1, 0.15) is 24.3 Å². The van der Waals surface area contributed by atoms with Crippen molar-refractivity contribution in [2.45, 2.75) is 19.9 Å². The molecule has 0 saturated carbocycles. The highest BCUT2D eigenvalue weighted by atomic mass is 16.3. The molecule has 0 aliphatic rings. The lowest BCUT2D eigenvalue weighted by molar-refractivity contribution is 0.473. The summed E-state index contributed by atoms with van der Waals surface area (Å²) in [6.45, 7) is 4.25. The van der Waals surface area contributed by atoms with E-state index in [4.69, 9.17) is 4.42 Å². The molecule has 0 spiro atoms. The molecule has 1 atom stereocenters. The molecule has 2 aromatic carbocycles. The molecule has 1 heterocycles. The fourth-order valence-corrected chi connectivity index (χ4v) is 2.51. The molecular weight excluding hydrogens is 222 g/mol. The van der Waals surface area contributed by atoms with Crippen LogP contribution in [0.2, 0.25) is 0 Å². The average molecular weight is 239 g/mol. The van der Waals surface area contributed by atoms with E-state index >= 15 is 0 Å². The summed E-state index contributed by atoms with van der Waals surface area (Å²) in [4.78, 5) is 0. The maximum Gasteiger partial charge on any atom is 0.142 e. The second kappa shape index (κ2) is 4.14. The summed E-state index contributed by atoms with van der Waals surface area (Å²) >= 11 is 0. The van der Waals surface area contributed by atoms with E-state index in [2.05, 4.69) is 55.6 Å². The standard InChI is InChI=1S/C16H17NO/c1-10-13-9-8-12-6-4-5-7-14(12)16(13)18-15(10)11(2)17-3/h4-9,11,17H,1-3H3. The van der Waals surface area contributed by atoms with Crippen LogP contribution in [0.15, 0.2) is 40.8 Å². The molecule has 3 rings (SSSR count). The van der Waals surface area contributed by atoms with Gasteiger partial charge in [0, 0.05) is 10.8 Å². The second-order valence-electron chi connectivity index (χ2n) is 4.77. The van der Waals surface area contributed by atoms with Crippen LogP contribution in [0.25, 0.3) is 21.7 Å². The van der Waals surface area contributed by atoms with E-state index in [1.165, 1.54) is 21.7 Å². The van der Waals surface area contributed by atoms with Gasteiger partial charge in [-0.2, -0.15) is 0 Å². The highest BCUT2D eigenvalue weighted by molar-refractivity contribution is 6.05. The third-order valence-electron chi connectivity index (χ3n) is 3.69. The van der Waals surface area contributed by atoms with Gasteiger partial charge in [0.2, 0.25) is 0 Å². The van der Waals surface area contributed by atoms with Crippen molar-refractivity contribution in [3.63, 3.8) is 0 Å². The smallest absolute Gasteiger partial charge is 0.142 e. The predicted molar refractivity (Wildman–Crippen MR) is 75.9 cm³/mol. The summed E-state index contributed by atoms with van der Waals surface area (Å²) in [7, 11) is 1.95. The molecule has 2 heteroatoms. The third-order valence-corrected chi connectivity index (χ3v) is 3.69.